The number of aryl methyl sites for hydroxylation is 2. The normalized spacial score (nSPS) is 12.4. The molecule has 0 amide bonds. The molecule has 18 heavy (non-hydrogen) atoms. The predicted molar refractivity (Wildman–Crippen MR) is 70.6 cm³/mol. The summed E-state index contributed by atoms with van der Waals surface area (Å²) in [5, 5.41) is 18.5. The Morgan fingerprint density at radius 2 is 2.22 bits per heavy atom. The van der Waals surface area contributed by atoms with E-state index >= 15 is 0 Å². The molecule has 7 nitrogen and oxygen atoms in total. The van der Waals surface area contributed by atoms with E-state index < -0.39 is 0 Å². The zero-order chi connectivity index (χ0) is 13.7. The Morgan fingerprint density at radius 1 is 1.56 bits per heavy atom. The SMILES string of the molecule is CCCc1nn(C)c(NC(CC)CN)c1[N+](=O)[O-]. The van der Waals surface area contributed by atoms with Crippen molar-refractivity contribution < 1.29 is 4.92 Å². The van der Waals surface area contributed by atoms with E-state index in [0.717, 1.165) is 12.8 Å². The Balaban J connectivity index is 3.12. The highest BCUT2D eigenvalue weighted by molar-refractivity contribution is 5.60. The first-order valence-corrected chi connectivity index (χ1v) is 6.21. The van der Waals surface area contributed by atoms with Crippen LogP contribution in [0.3, 0.4) is 0 Å². The summed E-state index contributed by atoms with van der Waals surface area (Å²) < 4.78 is 1.53. The summed E-state index contributed by atoms with van der Waals surface area (Å²) in [5.41, 5.74) is 6.21. The largest absolute Gasteiger partial charge is 0.361 e. The summed E-state index contributed by atoms with van der Waals surface area (Å²) in [6, 6.07) is 0.0218. The van der Waals surface area contributed by atoms with Crippen molar-refractivity contribution in [2.24, 2.45) is 12.8 Å². The van der Waals surface area contributed by atoms with Gasteiger partial charge >= 0.3 is 5.69 Å². The predicted octanol–water partition coefficient (Wildman–Crippen LogP) is 1.43. The van der Waals surface area contributed by atoms with Crippen LogP contribution in [0.25, 0.3) is 0 Å². The lowest BCUT2D eigenvalue weighted by Crippen LogP contribution is -2.29. The molecule has 0 radical (unpaired) electrons. The Labute approximate surface area is 107 Å². The summed E-state index contributed by atoms with van der Waals surface area (Å²) in [6.45, 7) is 4.39. The molecule has 0 saturated carbocycles. The van der Waals surface area contributed by atoms with Gasteiger partial charge in [-0.25, -0.2) is 4.68 Å². The topological polar surface area (TPSA) is 99.0 Å². The molecule has 0 spiro atoms. The third kappa shape index (κ3) is 2.98. The Bertz CT molecular complexity index is 412. The molecule has 1 aromatic rings. The summed E-state index contributed by atoms with van der Waals surface area (Å²) in [5.74, 6) is 0.445. The Hall–Kier alpha value is -1.63. The lowest BCUT2D eigenvalue weighted by molar-refractivity contribution is -0.384. The maximum Gasteiger partial charge on any atom is 0.333 e. The number of hydrogen-bond acceptors (Lipinski definition) is 5. The summed E-state index contributed by atoms with van der Waals surface area (Å²) >= 11 is 0. The first-order valence-electron chi connectivity index (χ1n) is 6.21. The number of nitrogens with one attached hydrogen (secondary N) is 1. The van der Waals surface area contributed by atoms with Crippen molar-refractivity contribution in [1.29, 1.82) is 0 Å². The molecule has 0 bridgehead atoms. The average Bonchev–Trinajstić information content (AvgIpc) is 2.63. The van der Waals surface area contributed by atoms with E-state index in [1.165, 1.54) is 4.68 Å². The van der Waals surface area contributed by atoms with Crippen molar-refractivity contribution in [2.45, 2.75) is 39.2 Å². The van der Waals surface area contributed by atoms with Gasteiger partial charge in [0.05, 0.1) is 4.92 Å². The third-order valence-electron chi connectivity index (χ3n) is 2.88. The molecule has 0 aromatic carbocycles. The molecule has 1 aromatic heterocycles. The first-order chi connectivity index (χ1) is 8.54. The van der Waals surface area contributed by atoms with Crippen LogP contribution in [0.15, 0.2) is 0 Å². The molecule has 1 heterocycles. The minimum Gasteiger partial charge on any atom is -0.361 e. The van der Waals surface area contributed by atoms with Crippen molar-refractivity contribution in [2.75, 3.05) is 11.9 Å². The van der Waals surface area contributed by atoms with E-state index in [2.05, 4.69) is 10.4 Å². The highest BCUT2D eigenvalue weighted by Crippen LogP contribution is 2.29. The van der Waals surface area contributed by atoms with Gasteiger partial charge in [0.1, 0.15) is 5.69 Å². The minimum atomic E-state index is -0.371. The molecule has 3 N–H and O–H groups in total. The molecular weight excluding hydrogens is 234 g/mol. The van der Waals surface area contributed by atoms with Crippen LogP contribution in [0.2, 0.25) is 0 Å². The number of aromatic nitrogens is 2. The van der Waals surface area contributed by atoms with E-state index in [4.69, 9.17) is 5.73 Å². The molecule has 0 aliphatic carbocycles. The Morgan fingerprint density at radius 3 is 2.67 bits per heavy atom. The second kappa shape index (κ2) is 6.34. The van der Waals surface area contributed by atoms with Crippen LogP contribution in [-0.2, 0) is 13.5 Å². The molecule has 1 rings (SSSR count). The monoisotopic (exact) mass is 255 g/mol. The van der Waals surface area contributed by atoms with Gasteiger partial charge in [-0.1, -0.05) is 20.3 Å². The standard InChI is InChI=1S/C11H21N5O2/c1-4-6-9-10(16(17)18)11(15(3)14-9)13-8(5-2)7-12/h8,13H,4-7,12H2,1-3H3. The maximum absolute atomic E-state index is 11.2. The molecular formula is C11H21N5O2. The number of hydrogen-bond donors (Lipinski definition) is 2. The van der Waals surface area contributed by atoms with E-state index in [1.807, 2.05) is 13.8 Å². The van der Waals surface area contributed by atoms with Crippen LogP contribution >= 0.6 is 0 Å². The lowest BCUT2D eigenvalue weighted by Gasteiger charge is -2.15. The van der Waals surface area contributed by atoms with Gasteiger partial charge in [0, 0.05) is 19.6 Å². The van der Waals surface area contributed by atoms with E-state index in [-0.39, 0.29) is 16.7 Å². The van der Waals surface area contributed by atoms with Gasteiger partial charge in [0.2, 0.25) is 5.82 Å². The van der Waals surface area contributed by atoms with Crippen LogP contribution in [0, 0.1) is 10.1 Å². The molecule has 102 valence electrons. The fraction of sp³-hybridized carbons (Fsp3) is 0.727. The molecule has 0 fully saturated rings. The van der Waals surface area contributed by atoms with Gasteiger partial charge in [0.25, 0.3) is 0 Å². The van der Waals surface area contributed by atoms with E-state index in [9.17, 15) is 10.1 Å². The van der Waals surface area contributed by atoms with E-state index in [1.54, 1.807) is 7.05 Å². The third-order valence-corrected chi connectivity index (χ3v) is 2.88. The fourth-order valence-corrected chi connectivity index (χ4v) is 1.85. The van der Waals surface area contributed by atoms with Crippen LogP contribution in [-0.4, -0.2) is 27.3 Å². The smallest absolute Gasteiger partial charge is 0.333 e. The van der Waals surface area contributed by atoms with Gasteiger partial charge in [-0.15, -0.1) is 0 Å². The maximum atomic E-state index is 11.2. The fourth-order valence-electron chi connectivity index (χ4n) is 1.85. The van der Waals surface area contributed by atoms with Crippen molar-refractivity contribution in [1.82, 2.24) is 9.78 Å². The number of anilines is 1. The number of nitro groups is 1. The molecule has 1 atom stereocenters. The Kier molecular flexibility index (Phi) is 5.08. The first kappa shape index (κ1) is 14.4. The van der Waals surface area contributed by atoms with Crippen molar-refractivity contribution in [3.05, 3.63) is 15.8 Å². The van der Waals surface area contributed by atoms with Crippen LogP contribution in [0.1, 0.15) is 32.4 Å². The molecule has 0 aliphatic rings. The highest BCUT2D eigenvalue weighted by atomic mass is 16.6. The lowest BCUT2D eigenvalue weighted by atomic mass is 10.2. The van der Waals surface area contributed by atoms with Crippen molar-refractivity contribution in [3.8, 4) is 0 Å². The minimum absolute atomic E-state index is 0.0218. The highest BCUT2D eigenvalue weighted by Gasteiger charge is 2.27. The van der Waals surface area contributed by atoms with Crippen molar-refractivity contribution in [3.63, 3.8) is 0 Å². The van der Waals surface area contributed by atoms with Gasteiger partial charge in [-0.05, 0) is 12.8 Å². The molecule has 7 heteroatoms. The summed E-state index contributed by atoms with van der Waals surface area (Å²) in [7, 11) is 1.71. The second-order valence-electron chi connectivity index (χ2n) is 4.26. The number of nitrogens with zero attached hydrogens (tertiary/aromatic N) is 3. The number of rotatable bonds is 7. The quantitative estimate of drug-likeness (QED) is 0.567. The zero-order valence-electron chi connectivity index (χ0n) is 11.1. The zero-order valence-corrected chi connectivity index (χ0v) is 11.1. The van der Waals surface area contributed by atoms with Crippen LogP contribution in [0.5, 0.6) is 0 Å². The molecule has 0 aliphatic heterocycles. The molecule has 1 unspecified atom stereocenters. The van der Waals surface area contributed by atoms with Crippen molar-refractivity contribution >= 4 is 11.5 Å². The van der Waals surface area contributed by atoms with Gasteiger partial charge < -0.3 is 11.1 Å². The van der Waals surface area contributed by atoms with E-state index in [0.29, 0.717) is 24.5 Å². The second-order valence-corrected chi connectivity index (χ2v) is 4.26. The summed E-state index contributed by atoms with van der Waals surface area (Å²) in [6.07, 6.45) is 2.23. The van der Waals surface area contributed by atoms with Gasteiger partial charge in [-0.3, -0.25) is 10.1 Å². The number of nitrogens with two attached hydrogens (primary N) is 1. The van der Waals surface area contributed by atoms with Crippen LogP contribution < -0.4 is 11.1 Å². The average molecular weight is 255 g/mol. The molecule has 0 saturated heterocycles. The van der Waals surface area contributed by atoms with Gasteiger partial charge in [-0.2, -0.15) is 5.10 Å². The summed E-state index contributed by atoms with van der Waals surface area (Å²) in [4.78, 5) is 10.8. The van der Waals surface area contributed by atoms with Gasteiger partial charge in [0.15, 0.2) is 0 Å². The van der Waals surface area contributed by atoms with Crippen LogP contribution in [0.4, 0.5) is 11.5 Å².